The molecule has 0 aliphatic carbocycles. The molecule has 3 amide bonds. The predicted molar refractivity (Wildman–Crippen MR) is 179 cm³/mol. The van der Waals surface area contributed by atoms with Gasteiger partial charge in [0.15, 0.2) is 5.76 Å². The Kier molecular flexibility index (Phi) is 9.66. The number of halogens is 3. The molecule has 9 nitrogen and oxygen atoms in total. The van der Waals surface area contributed by atoms with Crippen molar-refractivity contribution < 1.29 is 27.6 Å². The standard InChI is InChI=1S/C36H42ClF2N5O4/c1-36(2,3)42-21-27(23-7-9-24(37)10-8-23)28(22-42)33(45)43-20-26(19-31(43)34(46)41-15-13-40(4)14-16-41)44(35(47)32-6-5-17-48-32)30-12-11-25(38)18-29(30)39/h5-12,17-18,26-28,31H,13-16,19-22H2,1-4H3/t26?,27-,28+,31-/m0/s1. The Bertz CT molecular complexity index is 1640. The van der Waals surface area contributed by atoms with Gasteiger partial charge in [0.1, 0.15) is 17.7 Å². The highest BCUT2D eigenvalue weighted by molar-refractivity contribution is 6.30. The molecule has 0 bridgehead atoms. The summed E-state index contributed by atoms with van der Waals surface area (Å²) >= 11 is 6.22. The molecule has 3 aromatic rings. The van der Waals surface area contributed by atoms with E-state index in [1.807, 2.05) is 31.3 Å². The zero-order chi connectivity index (χ0) is 34.3. The first-order chi connectivity index (χ1) is 22.8. The van der Waals surface area contributed by atoms with Gasteiger partial charge >= 0.3 is 0 Å². The highest BCUT2D eigenvalue weighted by atomic mass is 35.5. The van der Waals surface area contributed by atoms with E-state index in [-0.39, 0.29) is 47.7 Å². The zero-order valence-corrected chi connectivity index (χ0v) is 28.5. The molecule has 2 aromatic carbocycles. The first-order valence-corrected chi connectivity index (χ1v) is 16.8. The second-order valence-corrected chi connectivity index (χ2v) is 14.5. The number of amides is 3. The average Bonchev–Trinajstić information content (AvgIpc) is 3.83. The lowest BCUT2D eigenvalue weighted by Gasteiger charge is -2.36. The van der Waals surface area contributed by atoms with E-state index in [1.165, 1.54) is 23.3 Å². The van der Waals surface area contributed by atoms with Gasteiger partial charge in [-0.15, -0.1) is 0 Å². The van der Waals surface area contributed by atoms with Gasteiger partial charge in [0.25, 0.3) is 5.91 Å². The Hall–Kier alpha value is -3.80. The van der Waals surface area contributed by atoms with Gasteiger partial charge in [-0.1, -0.05) is 23.7 Å². The van der Waals surface area contributed by atoms with Crippen molar-refractivity contribution in [2.75, 3.05) is 57.8 Å². The molecule has 4 atom stereocenters. The summed E-state index contributed by atoms with van der Waals surface area (Å²) in [4.78, 5) is 52.2. The van der Waals surface area contributed by atoms with Gasteiger partial charge < -0.3 is 19.1 Å². The summed E-state index contributed by atoms with van der Waals surface area (Å²) in [6.07, 6.45) is 1.43. The normalized spacial score (nSPS) is 23.9. The molecule has 3 aliphatic rings. The fourth-order valence-electron chi connectivity index (χ4n) is 7.25. The van der Waals surface area contributed by atoms with E-state index in [9.17, 15) is 18.8 Å². The second kappa shape index (κ2) is 13.6. The van der Waals surface area contributed by atoms with Crippen molar-refractivity contribution in [2.45, 2.75) is 50.7 Å². The average molecular weight is 682 g/mol. The van der Waals surface area contributed by atoms with Crippen LogP contribution in [0.15, 0.2) is 65.3 Å². The number of rotatable bonds is 6. The lowest BCUT2D eigenvalue weighted by atomic mass is 9.88. The Morgan fingerprint density at radius 1 is 0.917 bits per heavy atom. The maximum absolute atomic E-state index is 15.4. The van der Waals surface area contributed by atoms with Crippen molar-refractivity contribution in [1.29, 1.82) is 0 Å². The van der Waals surface area contributed by atoms with E-state index in [1.54, 1.807) is 15.9 Å². The number of carbonyl (C=O) groups excluding carboxylic acids is 3. The summed E-state index contributed by atoms with van der Waals surface area (Å²) in [6.45, 7) is 9.85. The highest BCUT2D eigenvalue weighted by Gasteiger charge is 2.50. The van der Waals surface area contributed by atoms with Crippen LogP contribution in [0, 0.1) is 17.6 Å². The molecule has 0 spiro atoms. The number of anilines is 1. The Morgan fingerprint density at radius 2 is 1.62 bits per heavy atom. The number of benzene rings is 2. The summed E-state index contributed by atoms with van der Waals surface area (Å²) in [6, 6.07) is 11.9. The SMILES string of the molecule is CN1CCN(C(=O)[C@@H]2CC(N(C(=O)c3ccco3)c3ccc(F)cc3F)CN2C(=O)[C@@H]2CN(C(C)(C)C)C[C@H]2c2ccc(Cl)cc2)CC1. The number of likely N-dealkylation sites (N-methyl/N-ethyl adjacent to an activating group) is 1. The third kappa shape index (κ3) is 6.86. The molecular formula is C36H42ClF2N5O4. The number of hydrogen-bond donors (Lipinski definition) is 0. The molecule has 6 rings (SSSR count). The second-order valence-electron chi connectivity index (χ2n) is 14.1. The maximum Gasteiger partial charge on any atom is 0.294 e. The van der Waals surface area contributed by atoms with Crippen molar-refractivity contribution >= 4 is 35.0 Å². The summed E-state index contributed by atoms with van der Waals surface area (Å²) in [5, 5.41) is 0.599. The van der Waals surface area contributed by atoms with Crippen molar-refractivity contribution in [3.05, 3.63) is 88.8 Å². The van der Waals surface area contributed by atoms with Gasteiger partial charge in [-0.3, -0.25) is 24.2 Å². The predicted octanol–water partition coefficient (Wildman–Crippen LogP) is 5.12. The van der Waals surface area contributed by atoms with Gasteiger partial charge in [-0.05, 0) is 76.2 Å². The van der Waals surface area contributed by atoms with Crippen LogP contribution in [0.25, 0.3) is 0 Å². The molecule has 0 radical (unpaired) electrons. The van der Waals surface area contributed by atoms with Crippen LogP contribution in [0.4, 0.5) is 14.5 Å². The number of likely N-dealkylation sites (tertiary alicyclic amines) is 2. The smallest absolute Gasteiger partial charge is 0.294 e. The minimum atomic E-state index is -0.930. The van der Waals surface area contributed by atoms with Crippen molar-refractivity contribution in [3.63, 3.8) is 0 Å². The number of nitrogens with zero attached hydrogens (tertiary/aromatic N) is 5. The number of piperazine rings is 1. The molecule has 48 heavy (non-hydrogen) atoms. The van der Waals surface area contributed by atoms with Gasteiger partial charge in [-0.25, -0.2) is 8.78 Å². The number of furan rings is 1. The summed E-state index contributed by atoms with van der Waals surface area (Å²) in [5.74, 6) is -3.43. The van der Waals surface area contributed by atoms with Gasteiger partial charge in [0, 0.05) is 68.4 Å². The third-order valence-corrected chi connectivity index (χ3v) is 10.3. The summed E-state index contributed by atoms with van der Waals surface area (Å²) in [5.41, 5.74) is 0.612. The fraction of sp³-hybridized carbons (Fsp3) is 0.472. The molecule has 12 heteroatoms. The molecule has 256 valence electrons. The lowest BCUT2D eigenvalue weighted by molar-refractivity contribution is -0.147. The lowest BCUT2D eigenvalue weighted by Crippen LogP contribution is -2.54. The largest absolute Gasteiger partial charge is 0.459 e. The van der Waals surface area contributed by atoms with Crippen LogP contribution >= 0.6 is 11.6 Å². The molecule has 1 unspecified atom stereocenters. The molecule has 0 N–H and O–H groups in total. The van der Waals surface area contributed by atoms with Crippen molar-refractivity contribution in [3.8, 4) is 0 Å². The van der Waals surface area contributed by atoms with Gasteiger partial charge in [0.05, 0.1) is 23.9 Å². The zero-order valence-electron chi connectivity index (χ0n) is 27.7. The van der Waals surface area contributed by atoms with Crippen LogP contribution in [0.5, 0.6) is 0 Å². The molecule has 4 heterocycles. The topological polar surface area (TPSA) is 80.5 Å². The van der Waals surface area contributed by atoms with Crippen LogP contribution in [-0.4, -0.2) is 108 Å². The quantitative estimate of drug-likeness (QED) is 0.360. The molecular weight excluding hydrogens is 640 g/mol. The first kappa shape index (κ1) is 34.1. The van der Waals surface area contributed by atoms with E-state index in [0.29, 0.717) is 44.3 Å². The monoisotopic (exact) mass is 681 g/mol. The first-order valence-electron chi connectivity index (χ1n) is 16.4. The van der Waals surface area contributed by atoms with Crippen LogP contribution in [0.3, 0.4) is 0 Å². The molecule has 0 saturated carbocycles. The van der Waals surface area contributed by atoms with E-state index in [2.05, 4.69) is 30.6 Å². The minimum absolute atomic E-state index is 0.00833. The van der Waals surface area contributed by atoms with Crippen LogP contribution in [0.2, 0.25) is 5.02 Å². The van der Waals surface area contributed by atoms with Crippen molar-refractivity contribution in [2.24, 2.45) is 5.92 Å². The van der Waals surface area contributed by atoms with E-state index < -0.39 is 35.5 Å². The number of hydrogen-bond acceptors (Lipinski definition) is 6. The molecule has 3 fully saturated rings. The Labute approximate surface area is 285 Å². The Balaban J connectivity index is 1.39. The summed E-state index contributed by atoms with van der Waals surface area (Å²) < 4.78 is 34.9. The number of carbonyl (C=O) groups is 3. The maximum atomic E-state index is 15.4. The minimum Gasteiger partial charge on any atom is -0.459 e. The molecule has 3 saturated heterocycles. The Morgan fingerprint density at radius 3 is 2.25 bits per heavy atom. The van der Waals surface area contributed by atoms with Crippen LogP contribution < -0.4 is 4.90 Å². The van der Waals surface area contributed by atoms with Crippen LogP contribution in [0.1, 0.15) is 49.2 Å². The highest BCUT2D eigenvalue weighted by Crippen LogP contribution is 2.40. The molecule has 3 aliphatic heterocycles. The third-order valence-electron chi connectivity index (χ3n) is 10.0. The fourth-order valence-corrected chi connectivity index (χ4v) is 7.37. The molecule has 1 aromatic heterocycles. The van der Waals surface area contributed by atoms with Crippen LogP contribution in [-0.2, 0) is 9.59 Å². The van der Waals surface area contributed by atoms with E-state index in [4.69, 9.17) is 16.0 Å². The summed E-state index contributed by atoms with van der Waals surface area (Å²) in [7, 11) is 2.00. The van der Waals surface area contributed by atoms with Gasteiger partial charge in [-0.2, -0.15) is 0 Å². The van der Waals surface area contributed by atoms with Gasteiger partial charge in [0.2, 0.25) is 11.8 Å². The van der Waals surface area contributed by atoms with E-state index >= 15 is 4.39 Å². The van der Waals surface area contributed by atoms with E-state index in [0.717, 1.165) is 17.7 Å². The van der Waals surface area contributed by atoms with Crippen molar-refractivity contribution in [1.82, 2.24) is 19.6 Å².